The molecular weight excluding hydrogens is 328 g/mol. The molecule has 0 spiro atoms. The number of tetrazole rings is 1. The SMILES string of the molecule is CC1(C)CC(NC(=O)CC2(Cn3cnnn3)CCCCC2)CC(C)(C)N1. The normalized spacial score (nSPS) is 24.9. The molecule has 1 aliphatic carbocycles. The van der Waals surface area contributed by atoms with Gasteiger partial charge in [-0.15, -0.1) is 5.10 Å². The molecule has 1 aromatic rings. The summed E-state index contributed by atoms with van der Waals surface area (Å²) in [5, 5.41) is 18.5. The van der Waals surface area contributed by atoms with Crippen molar-refractivity contribution in [3.63, 3.8) is 0 Å². The first-order valence-electron chi connectivity index (χ1n) is 9.97. The summed E-state index contributed by atoms with van der Waals surface area (Å²) < 4.78 is 1.79. The Labute approximate surface area is 156 Å². The predicted octanol–water partition coefficient (Wildman–Crippen LogP) is 2.44. The van der Waals surface area contributed by atoms with Crippen molar-refractivity contribution in [2.24, 2.45) is 5.41 Å². The molecule has 26 heavy (non-hydrogen) atoms. The van der Waals surface area contributed by atoms with Crippen molar-refractivity contribution in [2.45, 2.75) is 103 Å². The summed E-state index contributed by atoms with van der Waals surface area (Å²) in [6.07, 6.45) is 9.92. The highest BCUT2D eigenvalue weighted by atomic mass is 16.1. The first-order chi connectivity index (χ1) is 12.2. The van der Waals surface area contributed by atoms with Crippen LogP contribution in [0.4, 0.5) is 0 Å². The molecule has 1 saturated carbocycles. The first-order valence-corrected chi connectivity index (χ1v) is 9.97. The standard InChI is InChI=1S/C19H34N6O/c1-17(2)10-15(11-18(3,4)22-17)21-16(26)12-19(8-6-5-7-9-19)13-25-14-20-23-24-25/h14-15,22H,5-13H2,1-4H3,(H,21,26). The largest absolute Gasteiger partial charge is 0.353 e. The number of aromatic nitrogens is 4. The van der Waals surface area contributed by atoms with E-state index in [0.717, 1.165) is 32.2 Å². The number of hydrogen-bond acceptors (Lipinski definition) is 5. The molecule has 0 bridgehead atoms. The van der Waals surface area contributed by atoms with Gasteiger partial charge in [0.1, 0.15) is 6.33 Å². The van der Waals surface area contributed by atoms with Crippen LogP contribution in [-0.4, -0.2) is 43.2 Å². The minimum absolute atomic E-state index is 0.0182. The van der Waals surface area contributed by atoms with Crippen molar-refractivity contribution in [2.75, 3.05) is 0 Å². The van der Waals surface area contributed by atoms with Gasteiger partial charge in [-0.3, -0.25) is 4.79 Å². The highest BCUT2D eigenvalue weighted by Gasteiger charge is 2.40. The van der Waals surface area contributed by atoms with Gasteiger partial charge in [0.25, 0.3) is 0 Å². The minimum atomic E-state index is -0.0182. The highest BCUT2D eigenvalue weighted by molar-refractivity contribution is 5.77. The van der Waals surface area contributed by atoms with Crippen LogP contribution in [0.3, 0.4) is 0 Å². The van der Waals surface area contributed by atoms with Gasteiger partial charge in [0.05, 0.1) is 6.54 Å². The lowest BCUT2D eigenvalue weighted by molar-refractivity contribution is -0.125. The van der Waals surface area contributed by atoms with Gasteiger partial charge in [0.15, 0.2) is 0 Å². The van der Waals surface area contributed by atoms with E-state index in [1.807, 2.05) is 0 Å². The molecule has 1 aromatic heterocycles. The summed E-state index contributed by atoms with van der Waals surface area (Å²) in [6, 6.07) is 0.224. The number of piperidine rings is 1. The molecule has 2 aliphatic rings. The smallest absolute Gasteiger partial charge is 0.220 e. The van der Waals surface area contributed by atoms with Crippen molar-refractivity contribution < 1.29 is 4.79 Å². The Kier molecular flexibility index (Phi) is 5.37. The van der Waals surface area contributed by atoms with E-state index >= 15 is 0 Å². The van der Waals surface area contributed by atoms with Crippen LogP contribution in [0.25, 0.3) is 0 Å². The lowest BCUT2D eigenvalue weighted by atomic mass is 9.71. The minimum Gasteiger partial charge on any atom is -0.353 e. The van der Waals surface area contributed by atoms with Gasteiger partial charge in [-0.25, -0.2) is 4.68 Å². The first kappa shape index (κ1) is 19.3. The Morgan fingerprint density at radius 2 is 1.81 bits per heavy atom. The molecule has 0 unspecified atom stereocenters. The number of nitrogens with one attached hydrogen (secondary N) is 2. The van der Waals surface area contributed by atoms with Crippen molar-refractivity contribution in [3.05, 3.63) is 6.33 Å². The Bertz CT molecular complexity index is 588. The van der Waals surface area contributed by atoms with E-state index in [9.17, 15) is 4.79 Å². The Hall–Kier alpha value is -1.50. The molecule has 0 atom stereocenters. The topological polar surface area (TPSA) is 84.7 Å². The fourth-order valence-corrected chi connectivity index (χ4v) is 5.33. The average Bonchev–Trinajstić information content (AvgIpc) is 2.96. The zero-order valence-corrected chi connectivity index (χ0v) is 16.7. The molecule has 2 fully saturated rings. The molecule has 1 amide bonds. The van der Waals surface area contributed by atoms with Gasteiger partial charge in [-0.1, -0.05) is 19.3 Å². The van der Waals surface area contributed by atoms with Crippen LogP contribution in [-0.2, 0) is 11.3 Å². The number of amides is 1. The highest BCUT2D eigenvalue weighted by Crippen LogP contribution is 2.41. The van der Waals surface area contributed by atoms with Crippen molar-refractivity contribution in [1.82, 2.24) is 30.8 Å². The summed E-state index contributed by atoms with van der Waals surface area (Å²) in [6.45, 7) is 9.60. The molecule has 0 aromatic carbocycles. The van der Waals surface area contributed by atoms with Crippen molar-refractivity contribution in [1.29, 1.82) is 0 Å². The third kappa shape index (κ3) is 5.02. The van der Waals surface area contributed by atoms with Gasteiger partial charge in [-0.2, -0.15) is 0 Å². The number of carbonyl (C=O) groups excluding carboxylic acids is 1. The predicted molar refractivity (Wildman–Crippen MR) is 100 cm³/mol. The van der Waals surface area contributed by atoms with Crippen LogP contribution in [0.2, 0.25) is 0 Å². The molecule has 2 N–H and O–H groups in total. The lowest BCUT2D eigenvalue weighted by Gasteiger charge is -2.47. The number of hydrogen-bond donors (Lipinski definition) is 2. The molecule has 1 saturated heterocycles. The number of rotatable bonds is 5. The second-order valence-corrected chi connectivity index (χ2v) is 9.81. The van der Waals surface area contributed by atoms with Gasteiger partial charge in [-0.05, 0) is 69.2 Å². The van der Waals surface area contributed by atoms with Crippen LogP contribution in [0.1, 0.15) is 79.1 Å². The fourth-order valence-electron chi connectivity index (χ4n) is 5.33. The van der Waals surface area contributed by atoms with Crippen LogP contribution in [0.15, 0.2) is 6.33 Å². The monoisotopic (exact) mass is 362 g/mol. The summed E-state index contributed by atoms with van der Waals surface area (Å²) in [7, 11) is 0. The number of nitrogens with zero attached hydrogens (tertiary/aromatic N) is 4. The Morgan fingerprint density at radius 3 is 2.38 bits per heavy atom. The van der Waals surface area contributed by atoms with E-state index in [4.69, 9.17) is 0 Å². The van der Waals surface area contributed by atoms with Crippen LogP contribution >= 0.6 is 0 Å². The van der Waals surface area contributed by atoms with Crippen LogP contribution in [0, 0.1) is 5.41 Å². The van der Waals surface area contributed by atoms with Gasteiger partial charge < -0.3 is 10.6 Å². The zero-order valence-electron chi connectivity index (χ0n) is 16.7. The third-order valence-corrected chi connectivity index (χ3v) is 5.89. The van der Waals surface area contributed by atoms with Gasteiger partial charge in [0.2, 0.25) is 5.91 Å². The second-order valence-electron chi connectivity index (χ2n) is 9.81. The quantitative estimate of drug-likeness (QED) is 0.840. The van der Waals surface area contributed by atoms with Gasteiger partial charge in [0, 0.05) is 23.5 Å². The second kappa shape index (κ2) is 7.25. The summed E-state index contributed by atoms with van der Waals surface area (Å²) in [4.78, 5) is 12.9. The molecular formula is C19H34N6O. The summed E-state index contributed by atoms with van der Waals surface area (Å²) >= 11 is 0. The maximum absolute atomic E-state index is 12.9. The zero-order chi connectivity index (χ0) is 18.8. The summed E-state index contributed by atoms with van der Waals surface area (Å²) in [5.41, 5.74) is 0.0545. The maximum atomic E-state index is 12.9. The third-order valence-electron chi connectivity index (χ3n) is 5.89. The van der Waals surface area contributed by atoms with E-state index in [-0.39, 0.29) is 28.4 Å². The van der Waals surface area contributed by atoms with Crippen LogP contribution < -0.4 is 10.6 Å². The average molecular weight is 363 g/mol. The van der Waals surface area contributed by atoms with E-state index in [2.05, 4.69) is 53.9 Å². The molecule has 2 heterocycles. The fraction of sp³-hybridized carbons (Fsp3) is 0.895. The molecule has 0 radical (unpaired) electrons. The van der Waals surface area contributed by atoms with E-state index < -0.39 is 0 Å². The van der Waals surface area contributed by atoms with E-state index in [1.54, 1.807) is 11.0 Å². The molecule has 7 heteroatoms. The molecule has 7 nitrogen and oxygen atoms in total. The number of carbonyl (C=O) groups is 1. The van der Waals surface area contributed by atoms with E-state index in [1.165, 1.54) is 19.3 Å². The maximum Gasteiger partial charge on any atom is 0.220 e. The van der Waals surface area contributed by atoms with E-state index in [0.29, 0.717) is 6.42 Å². The van der Waals surface area contributed by atoms with Crippen LogP contribution in [0.5, 0.6) is 0 Å². The Morgan fingerprint density at radius 1 is 1.15 bits per heavy atom. The molecule has 1 aliphatic heterocycles. The van der Waals surface area contributed by atoms with Gasteiger partial charge >= 0.3 is 0 Å². The van der Waals surface area contributed by atoms with Crippen molar-refractivity contribution in [3.8, 4) is 0 Å². The molecule has 3 rings (SSSR count). The summed E-state index contributed by atoms with van der Waals surface area (Å²) in [5.74, 6) is 0.179. The lowest BCUT2D eigenvalue weighted by Crippen LogP contribution is -2.62. The Balaban J connectivity index is 1.64. The molecule has 146 valence electrons. The van der Waals surface area contributed by atoms with Crippen molar-refractivity contribution >= 4 is 5.91 Å².